The molecule has 2 aliphatic rings. The topological polar surface area (TPSA) is 9.23 Å². The van der Waals surface area contributed by atoms with Gasteiger partial charge in [0.05, 0.1) is 0 Å². The van der Waals surface area contributed by atoms with Crippen molar-refractivity contribution < 1.29 is 4.74 Å². The maximum Gasteiger partial charge on any atom is 0.135 e. The summed E-state index contributed by atoms with van der Waals surface area (Å²) in [7, 11) is 0. The molecule has 0 saturated heterocycles. The normalized spacial score (nSPS) is 17.7. The van der Waals surface area contributed by atoms with E-state index in [1.165, 1.54) is 16.7 Å². The Kier molecular flexibility index (Phi) is 1.01. The first-order valence-electron chi connectivity index (χ1n) is 4.10. The molecule has 0 spiro atoms. The molecular weight excluding hydrogens is 148 g/mol. The maximum atomic E-state index is 5.50. The highest BCUT2D eigenvalue weighted by Gasteiger charge is 2.26. The summed E-state index contributed by atoms with van der Waals surface area (Å²) in [6.07, 6.45) is 4.19. The molecule has 0 unspecified atom stereocenters. The highest BCUT2D eigenvalue weighted by atomic mass is 16.5. The Balaban J connectivity index is 2.19. The Bertz CT molecular complexity index is 399. The molecule has 1 aliphatic carbocycles. The zero-order valence-corrected chi connectivity index (χ0v) is 6.58. The molecule has 0 amide bonds. The van der Waals surface area contributed by atoms with Crippen LogP contribution in [0.5, 0.6) is 0 Å². The van der Waals surface area contributed by atoms with Gasteiger partial charge in [-0.25, -0.2) is 0 Å². The zero-order valence-electron chi connectivity index (χ0n) is 6.58. The standard InChI is InChI=1S/C11H8O/c1-2-5-9-8(4-1)10-6-3-7-12-11(9)10/h1-6H,7H2. The summed E-state index contributed by atoms with van der Waals surface area (Å²) in [4.78, 5) is 0. The Labute approximate surface area is 71.0 Å². The van der Waals surface area contributed by atoms with Crippen LogP contribution in [0, 0.1) is 0 Å². The molecule has 3 rings (SSSR count). The highest BCUT2D eigenvalue weighted by molar-refractivity contribution is 6.05. The van der Waals surface area contributed by atoms with Crippen LogP contribution in [0.2, 0.25) is 0 Å². The summed E-state index contributed by atoms with van der Waals surface area (Å²) < 4.78 is 5.50. The van der Waals surface area contributed by atoms with Crippen molar-refractivity contribution in [3.05, 3.63) is 47.5 Å². The minimum absolute atomic E-state index is 0.715. The van der Waals surface area contributed by atoms with Gasteiger partial charge in [-0.3, -0.25) is 0 Å². The van der Waals surface area contributed by atoms with Crippen LogP contribution in [0.3, 0.4) is 0 Å². The van der Waals surface area contributed by atoms with Crippen LogP contribution in [-0.2, 0) is 4.74 Å². The highest BCUT2D eigenvalue weighted by Crippen LogP contribution is 2.42. The summed E-state index contributed by atoms with van der Waals surface area (Å²) in [5.74, 6) is 1.08. The first-order chi connectivity index (χ1) is 5.97. The van der Waals surface area contributed by atoms with Crippen LogP contribution in [0.25, 0.3) is 11.3 Å². The van der Waals surface area contributed by atoms with E-state index < -0.39 is 0 Å². The van der Waals surface area contributed by atoms with Gasteiger partial charge in [-0.15, -0.1) is 0 Å². The summed E-state index contributed by atoms with van der Waals surface area (Å²) in [6, 6.07) is 8.34. The molecule has 0 radical (unpaired) electrons. The molecule has 0 N–H and O–H groups in total. The molecule has 0 aromatic heterocycles. The van der Waals surface area contributed by atoms with E-state index in [1.807, 2.05) is 6.07 Å². The van der Waals surface area contributed by atoms with Crippen molar-refractivity contribution >= 4 is 11.3 Å². The van der Waals surface area contributed by atoms with Gasteiger partial charge in [0.2, 0.25) is 0 Å². The average Bonchev–Trinajstić information content (AvgIpc) is 2.14. The zero-order chi connectivity index (χ0) is 7.97. The first kappa shape index (κ1) is 6.06. The van der Waals surface area contributed by atoms with Gasteiger partial charge in [-0.1, -0.05) is 30.3 Å². The van der Waals surface area contributed by atoms with Crippen molar-refractivity contribution in [2.24, 2.45) is 0 Å². The van der Waals surface area contributed by atoms with Crippen LogP contribution in [0.15, 0.2) is 36.4 Å². The smallest absolute Gasteiger partial charge is 0.135 e. The second-order valence-electron chi connectivity index (χ2n) is 3.00. The van der Waals surface area contributed by atoms with Crippen LogP contribution < -0.4 is 0 Å². The van der Waals surface area contributed by atoms with E-state index in [0.717, 1.165) is 5.76 Å². The molecule has 1 heteroatoms. The number of rotatable bonds is 0. The van der Waals surface area contributed by atoms with Crippen molar-refractivity contribution in [3.63, 3.8) is 0 Å². The van der Waals surface area contributed by atoms with Gasteiger partial charge in [0.15, 0.2) is 0 Å². The van der Waals surface area contributed by atoms with Gasteiger partial charge in [-0.05, 0) is 11.6 Å². The molecule has 0 fully saturated rings. The number of benzene rings is 1. The molecule has 0 bridgehead atoms. The quantitative estimate of drug-likeness (QED) is 0.560. The van der Waals surface area contributed by atoms with Crippen LogP contribution in [0.4, 0.5) is 0 Å². The van der Waals surface area contributed by atoms with Gasteiger partial charge in [0, 0.05) is 11.1 Å². The van der Waals surface area contributed by atoms with Crippen LogP contribution in [0.1, 0.15) is 11.1 Å². The number of hydrogen-bond acceptors (Lipinski definition) is 1. The van der Waals surface area contributed by atoms with Crippen molar-refractivity contribution in [1.29, 1.82) is 0 Å². The Morgan fingerprint density at radius 1 is 1.08 bits per heavy atom. The van der Waals surface area contributed by atoms with Crippen molar-refractivity contribution in [2.45, 2.75) is 0 Å². The van der Waals surface area contributed by atoms with Crippen LogP contribution >= 0.6 is 0 Å². The van der Waals surface area contributed by atoms with Gasteiger partial charge in [0.25, 0.3) is 0 Å². The van der Waals surface area contributed by atoms with E-state index in [2.05, 4.69) is 30.4 Å². The SMILES string of the molecule is C1=CC2=C(OC1)c1ccccc12. The fraction of sp³-hybridized carbons (Fsp3) is 0.0909. The second-order valence-corrected chi connectivity index (χ2v) is 3.00. The Morgan fingerprint density at radius 2 is 1.92 bits per heavy atom. The molecule has 58 valence electrons. The summed E-state index contributed by atoms with van der Waals surface area (Å²) >= 11 is 0. The predicted octanol–water partition coefficient (Wildman–Crippen LogP) is 2.45. The fourth-order valence-electron chi connectivity index (χ4n) is 1.74. The molecular formula is C11H8O. The lowest BCUT2D eigenvalue weighted by atomic mass is 9.85. The molecule has 1 aliphatic heterocycles. The van der Waals surface area contributed by atoms with E-state index in [1.54, 1.807) is 0 Å². The Hall–Kier alpha value is -1.50. The molecule has 1 heterocycles. The van der Waals surface area contributed by atoms with Gasteiger partial charge in [-0.2, -0.15) is 0 Å². The molecule has 0 saturated carbocycles. The lowest BCUT2D eigenvalue weighted by Gasteiger charge is -2.27. The van der Waals surface area contributed by atoms with Crippen molar-refractivity contribution in [3.8, 4) is 0 Å². The molecule has 1 nitrogen and oxygen atoms in total. The average molecular weight is 156 g/mol. The minimum Gasteiger partial charge on any atom is -0.488 e. The van der Waals surface area contributed by atoms with Crippen molar-refractivity contribution in [2.75, 3.05) is 6.61 Å². The minimum atomic E-state index is 0.715. The largest absolute Gasteiger partial charge is 0.488 e. The van der Waals surface area contributed by atoms with E-state index >= 15 is 0 Å². The number of ether oxygens (including phenoxy) is 1. The van der Waals surface area contributed by atoms with Gasteiger partial charge < -0.3 is 4.74 Å². The second kappa shape index (κ2) is 2.01. The summed E-state index contributed by atoms with van der Waals surface area (Å²) in [5.41, 5.74) is 3.84. The van der Waals surface area contributed by atoms with E-state index in [-0.39, 0.29) is 0 Å². The molecule has 0 atom stereocenters. The Morgan fingerprint density at radius 3 is 2.83 bits per heavy atom. The van der Waals surface area contributed by atoms with E-state index in [0.29, 0.717) is 6.61 Å². The first-order valence-corrected chi connectivity index (χ1v) is 4.10. The lowest BCUT2D eigenvalue weighted by molar-refractivity contribution is 0.314. The third kappa shape index (κ3) is 0.589. The number of hydrogen-bond donors (Lipinski definition) is 0. The third-order valence-corrected chi connectivity index (χ3v) is 2.31. The third-order valence-electron chi connectivity index (χ3n) is 2.31. The molecule has 1 aromatic carbocycles. The lowest BCUT2D eigenvalue weighted by Crippen LogP contribution is -2.11. The van der Waals surface area contributed by atoms with E-state index in [4.69, 9.17) is 4.74 Å². The summed E-state index contributed by atoms with van der Waals surface area (Å²) in [5, 5.41) is 0. The molecule has 12 heavy (non-hydrogen) atoms. The van der Waals surface area contributed by atoms with Gasteiger partial charge in [0.1, 0.15) is 12.4 Å². The monoisotopic (exact) mass is 156 g/mol. The molecule has 1 aromatic rings. The maximum absolute atomic E-state index is 5.50. The van der Waals surface area contributed by atoms with Crippen LogP contribution in [-0.4, -0.2) is 6.61 Å². The van der Waals surface area contributed by atoms with E-state index in [9.17, 15) is 0 Å². The fourth-order valence-corrected chi connectivity index (χ4v) is 1.74. The van der Waals surface area contributed by atoms with Crippen molar-refractivity contribution in [1.82, 2.24) is 0 Å². The summed E-state index contributed by atoms with van der Waals surface area (Å²) in [6.45, 7) is 0.715. The number of fused-ring (bicyclic) bond motifs is 3. The predicted molar refractivity (Wildman–Crippen MR) is 48.3 cm³/mol. The van der Waals surface area contributed by atoms with Gasteiger partial charge >= 0.3 is 0 Å². The number of allylic oxidation sites excluding steroid dienone is 2.